The van der Waals surface area contributed by atoms with Gasteiger partial charge in [0.15, 0.2) is 11.6 Å². The molecule has 45 heavy (non-hydrogen) atoms. The molecule has 0 spiro atoms. The van der Waals surface area contributed by atoms with Crippen LogP contribution >= 0.6 is 0 Å². The molecule has 9 nitrogen and oxygen atoms in total. The summed E-state index contributed by atoms with van der Waals surface area (Å²) in [7, 11) is 0. The van der Waals surface area contributed by atoms with Gasteiger partial charge in [-0.2, -0.15) is 0 Å². The SMILES string of the molecule is [N-]=[N+]=NCc1ccccc1[C@H]1OC(c2ccc(OCCCO)cc2)=N[C@@]1(Cc1ccccc1)C(=O)NCCc1ccc(F)cc1. The van der Waals surface area contributed by atoms with Crippen LogP contribution in [-0.2, 0) is 28.9 Å². The van der Waals surface area contributed by atoms with Crippen molar-refractivity contribution in [1.82, 2.24) is 5.32 Å². The van der Waals surface area contributed by atoms with Crippen LogP contribution in [0.4, 0.5) is 4.39 Å². The Labute approximate surface area is 261 Å². The van der Waals surface area contributed by atoms with Gasteiger partial charge < -0.3 is 19.9 Å². The van der Waals surface area contributed by atoms with Crippen LogP contribution in [0.2, 0.25) is 0 Å². The van der Waals surface area contributed by atoms with E-state index in [-0.39, 0.29) is 31.3 Å². The van der Waals surface area contributed by atoms with E-state index in [0.717, 1.165) is 16.7 Å². The van der Waals surface area contributed by atoms with E-state index in [1.165, 1.54) is 12.1 Å². The molecule has 1 aliphatic rings. The van der Waals surface area contributed by atoms with Crippen molar-refractivity contribution in [1.29, 1.82) is 0 Å². The average molecular weight is 608 g/mol. The standard InChI is InChI=1S/C35H34FN5O4/c36-29-15-11-25(12-16-29)19-20-38-34(43)35(23-26-7-2-1-3-8-26)32(31-10-5-4-9-28(31)24-39-41-37)45-33(40-35)27-13-17-30(18-14-27)44-22-6-21-42/h1-5,7-18,32,42H,6,19-24H2,(H,38,43)/t32-,35-/m1/s1. The van der Waals surface area contributed by atoms with E-state index in [0.29, 0.717) is 48.8 Å². The monoisotopic (exact) mass is 607 g/mol. The number of carbonyl (C=O) groups excluding carboxylic acids is 1. The minimum absolute atomic E-state index is 0.0424. The molecule has 5 rings (SSSR count). The molecule has 10 heteroatoms. The van der Waals surface area contributed by atoms with Crippen molar-refractivity contribution in [2.75, 3.05) is 19.8 Å². The van der Waals surface area contributed by atoms with E-state index < -0.39 is 11.6 Å². The number of aliphatic imine (C=N–C) groups is 1. The molecule has 0 saturated carbocycles. The van der Waals surface area contributed by atoms with E-state index in [2.05, 4.69) is 15.3 Å². The van der Waals surface area contributed by atoms with Gasteiger partial charge in [-0.15, -0.1) is 0 Å². The highest BCUT2D eigenvalue weighted by Crippen LogP contribution is 2.43. The smallest absolute Gasteiger partial charge is 0.252 e. The van der Waals surface area contributed by atoms with E-state index in [1.54, 1.807) is 24.3 Å². The van der Waals surface area contributed by atoms with Gasteiger partial charge in [-0.05, 0) is 70.6 Å². The molecule has 2 atom stereocenters. The number of amides is 1. The number of halogens is 1. The molecule has 0 unspecified atom stereocenters. The van der Waals surface area contributed by atoms with Gasteiger partial charge in [0.25, 0.3) is 5.91 Å². The Morgan fingerprint density at radius 3 is 2.47 bits per heavy atom. The van der Waals surface area contributed by atoms with Crippen molar-refractivity contribution in [3.8, 4) is 5.75 Å². The third-order valence-corrected chi connectivity index (χ3v) is 7.60. The molecule has 0 fully saturated rings. The second kappa shape index (κ2) is 15.0. The fraction of sp³-hybridized carbons (Fsp3) is 0.257. The zero-order valence-corrected chi connectivity index (χ0v) is 24.7. The number of aliphatic hydroxyl groups excluding tert-OH is 1. The van der Waals surface area contributed by atoms with Gasteiger partial charge in [0.1, 0.15) is 11.6 Å². The number of benzene rings is 4. The van der Waals surface area contributed by atoms with Gasteiger partial charge in [0.2, 0.25) is 5.90 Å². The maximum Gasteiger partial charge on any atom is 0.252 e. The van der Waals surface area contributed by atoms with Crippen molar-refractivity contribution >= 4 is 11.8 Å². The van der Waals surface area contributed by atoms with Crippen molar-refractivity contribution in [3.05, 3.63) is 147 Å². The van der Waals surface area contributed by atoms with Crippen LogP contribution in [0.3, 0.4) is 0 Å². The van der Waals surface area contributed by atoms with Gasteiger partial charge in [0, 0.05) is 36.5 Å². The minimum atomic E-state index is -1.41. The first-order valence-electron chi connectivity index (χ1n) is 14.8. The lowest BCUT2D eigenvalue weighted by atomic mass is 9.80. The molecule has 0 saturated heterocycles. The van der Waals surface area contributed by atoms with Gasteiger partial charge >= 0.3 is 0 Å². The van der Waals surface area contributed by atoms with E-state index in [9.17, 15) is 9.18 Å². The number of aliphatic hydroxyl groups is 1. The number of azide groups is 1. The molecule has 230 valence electrons. The van der Waals surface area contributed by atoms with E-state index >= 15 is 0 Å². The van der Waals surface area contributed by atoms with Crippen molar-refractivity contribution in [3.63, 3.8) is 0 Å². The van der Waals surface area contributed by atoms with Gasteiger partial charge in [-0.3, -0.25) is 4.79 Å². The third-order valence-electron chi connectivity index (χ3n) is 7.60. The summed E-state index contributed by atoms with van der Waals surface area (Å²) in [6, 6.07) is 30.5. The zero-order chi connectivity index (χ0) is 31.5. The topological polar surface area (TPSA) is 129 Å². The maximum absolute atomic E-state index is 14.4. The molecular formula is C35H34FN5O4. The largest absolute Gasteiger partial charge is 0.494 e. The predicted octanol–water partition coefficient (Wildman–Crippen LogP) is 6.26. The lowest BCUT2D eigenvalue weighted by Gasteiger charge is -2.32. The van der Waals surface area contributed by atoms with Crippen molar-refractivity contribution < 1.29 is 23.8 Å². The summed E-state index contributed by atoms with van der Waals surface area (Å²) >= 11 is 0. The molecule has 1 heterocycles. The summed E-state index contributed by atoms with van der Waals surface area (Å²) in [5.41, 5.74) is 11.5. The average Bonchev–Trinajstić information content (AvgIpc) is 3.45. The third kappa shape index (κ3) is 7.67. The molecule has 0 bridgehead atoms. The quantitative estimate of drug-likeness (QED) is 0.0759. The Hall–Kier alpha value is -5.18. The van der Waals surface area contributed by atoms with Crippen LogP contribution in [0.1, 0.15) is 40.3 Å². The van der Waals surface area contributed by atoms with Gasteiger partial charge in [-0.1, -0.05) is 71.8 Å². The van der Waals surface area contributed by atoms with Crippen molar-refractivity contribution in [2.24, 2.45) is 10.1 Å². The van der Waals surface area contributed by atoms with Gasteiger partial charge in [0.05, 0.1) is 13.2 Å². The molecule has 4 aromatic carbocycles. The highest BCUT2D eigenvalue weighted by Gasteiger charge is 2.53. The van der Waals surface area contributed by atoms with Gasteiger partial charge in [-0.25, -0.2) is 9.38 Å². The summed E-state index contributed by atoms with van der Waals surface area (Å²) in [4.78, 5) is 22.4. The lowest BCUT2D eigenvalue weighted by molar-refractivity contribution is -0.128. The predicted molar refractivity (Wildman–Crippen MR) is 169 cm³/mol. The first kappa shape index (κ1) is 31.3. The number of nitrogens with zero attached hydrogens (tertiary/aromatic N) is 4. The van der Waals surface area contributed by atoms with E-state index in [1.807, 2.05) is 66.7 Å². The molecule has 0 aliphatic carbocycles. The molecule has 1 aliphatic heterocycles. The summed E-state index contributed by atoms with van der Waals surface area (Å²) in [5, 5.41) is 15.9. The van der Waals surface area contributed by atoms with Crippen LogP contribution in [0.25, 0.3) is 10.4 Å². The number of nitrogens with one attached hydrogen (secondary N) is 1. The highest BCUT2D eigenvalue weighted by atomic mass is 19.1. The fourth-order valence-corrected chi connectivity index (χ4v) is 5.33. The number of hydrogen-bond acceptors (Lipinski definition) is 6. The number of hydrogen-bond donors (Lipinski definition) is 2. The Balaban J connectivity index is 1.54. The highest BCUT2D eigenvalue weighted by molar-refractivity contribution is 6.01. The summed E-state index contributed by atoms with van der Waals surface area (Å²) in [6.07, 6.45) is 0.417. The minimum Gasteiger partial charge on any atom is -0.494 e. The van der Waals surface area contributed by atoms with Crippen LogP contribution in [0, 0.1) is 5.82 Å². The normalized spacial score (nSPS) is 17.1. The Kier molecular flexibility index (Phi) is 10.4. The van der Waals surface area contributed by atoms with Crippen LogP contribution < -0.4 is 10.1 Å². The Morgan fingerprint density at radius 1 is 1.00 bits per heavy atom. The van der Waals surface area contributed by atoms with Crippen molar-refractivity contribution in [2.45, 2.75) is 37.5 Å². The second-order valence-electron chi connectivity index (χ2n) is 10.7. The van der Waals surface area contributed by atoms with Crippen LogP contribution in [-0.4, -0.2) is 42.2 Å². The molecule has 0 radical (unpaired) electrons. The maximum atomic E-state index is 14.4. The molecular weight excluding hydrogens is 573 g/mol. The molecule has 4 aromatic rings. The lowest BCUT2D eigenvalue weighted by Crippen LogP contribution is -2.50. The first-order valence-corrected chi connectivity index (χ1v) is 14.8. The van der Waals surface area contributed by atoms with E-state index in [4.69, 9.17) is 25.1 Å². The Bertz CT molecular complexity index is 1660. The molecule has 1 amide bonds. The number of ether oxygens (including phenoxy) is 2. The van der Waals surface area contributed by atoms with Crippen LogP contribution in [0.15, 0.2) is 113 Å². The summed E-state index contributed by atoms with van der Waals surface area (Å²) < 4.78 is 25.7. The summed E-state index contributed by atoms with van der Waals surface area (Å²) in [5.74, 6) is 0.291. The molecule has 0 aromatic heterocycles. The zero-order valence-electron chi connectivity index (χ0n) is 24.7. The first-order chi connectivity index (χ1) is 22.0. The number of carbonyl (C=O) groups is 1. The fourth-order valence-electron chi connectivity index (χ4n) is 5.33. The molecule has 2 N–H and O–H groups in total. The Morgan fingerprint density at radius 2 is 1.73 bits per heavy atom. The second-order valence-corrected chi connectivity index (χ2v) is 10.7. The van der Waals surface area contributed by atoms with Crippen LogP contribution in [0.5, 0.6) is 5.75 Å². The summed E-state index contributed by atoms with van der Waals surface area (Å²) in [6.45, 7) is 0.810. The number of rotatable bonds is 14.